The van der Waals surface area contributed by atoms with Crippen molar-refractivity contribution in [3.63, 3.8) is 0 Å². The number of thiophene rings is 1. The molecule has 2 atom stereocenters. The maximum absolute atomic E-state index is 13.5. The van der Waals surface area contributed by atoms with Gasteiger partial charge in [-0.15, -0.1) is 11.3 Å². The summed E-state index contributed by atoms with van der Waals surface area (Å²) in [6.07, 6.45) is 0.961. The van der Waals surface area contributed by atoms with E-state index in [1.165, 1.54) is 21.6 Å². The SMILES string of the molecule is Cc1ccc([C@H]2c3ccsc3CCN2CC(=O)N2CCN(C(=O)c3ccc(Cl)cc3Cl)[C@H](C)C2)cc1. The van der Waals surface area contributed by atoms with E-state index in [1.54, 1.807) is 34.4 Å². The van der Waals surface area contributed by atoms with E-state index in [0.29, 0.717) is 41.8 Å². The molecule has 5 nitrogen and oxygen atoms in total. The molecule has 1 fully saturated rings. The molecule has 0 radical (unpaired) electrons. The summed E-state index contributed by atoms with van der Waals surface area (Å²) < 4.78 is 0. The maximum Gasteiger partial charge on any atom is 0.255 e. The molecule has 0 aliphatic carbocycles. The van der Waals surface area contributed by atoms with Crippen LogP contribution in [-0.4, -0.2) is 65.3 Å². The van der Waals surface area contributed by atoms with Crippen molar-refractivity contribution in [2.75, 3.05) is 32.7 Å². The van der Waals surface area contributed by atoms with E-state index in [1.807, 2.05) is 11.8 Å². The lowest BCUT2D eigenvalue weighted by atomic mass is 9.92. The molecule has 36 heavy (non-hydrogen) atoms. The minimum atomic E-state index is -0.128. The molecule has 0 unspecified atom stereocenters. The third-order valence-corrected chi connectivity index (χ3v) is 8.74. The molecular weight excluding hydrogens is 513 g/mol. The lowest BCUT2D eigenvalue weighted by molar-refractivity contribution is -0.135. The van der Waals surface area contributed by atoms with Crippen molar-refractivity contribution in [1.82, 2.24) is 14.7 Å². The number of carbonyl (C=O) groups is 2. The van der Waals surface area contributed by atoms with Gasteiger partial charge < -0.3 is 9.80 Å². The monoisotopic (exact) mass is 541 g/mol. The zero-order chi connectivity index (χ0) is 25.4. The molecule has 3 aromatic rings. The van der Waals surface area contributed by atoms with Crippen LogP contribution in [0.25, 0.3) is 0 Å². The first-order valence-corrected chi connectivity index (χ1v) is 13.9. The third kappa shape index (κ3) is 5.05. The van der Waals surface area contributed by atoms with Crippen LogP contribution in [0, 0.1) is 6.92 Å². The van der Waals surface area contributed by atoms with Crippen LogP contribution in [0.4, 0.5) is 0 Å². The van der Waals surface area contributed by atoms with Gasteiger partial charge >= 0.3 is 0 Å². The first kappa shape index (κ1) is 25.3. The standard InChI is InChI=1S/C28H29Cl2N3O2S/c1-18-3-5-20(6-4-18)27-23-10-14-36-25(23)9-11-32(27)17-26(34)31-12-13-33(19(2)16-31)28(35)22-8-7-21(29)15-24(22)30/h3-8,10,14-15,19,27H,9,11-13,16-17H2,1-2H3/t19-,27+/m1/s1. The van der Waals surface area contributed by atoms with Gasteiger partial charge in [-0.1, -0.05) is 53.0 Å². The van der Waals surface area contributed by atoms with Crippen molar-refractivity contribution in [3.05, 3.63) is 91.1 Å². The summed E-state index contributed by atoms with van der Waals surface area (Å²) in [5.41, 5.74) is 4.19. The average Bonchev–Trinajstić information content (AvgIpc) is 3.33. The number of nitrogens with zero attached hydrogens (tertiary/aromatic N) is 3. The fourth-order valence-corrected chi connectivity index (χ4v) is 6.65. The van der Waals surface area contributed by atoms with Crippen LogP contribution in [-0.2, 0) is 11.2 Å². The summed E-state index contributed by atoms with van der Waals surface area (Å²) in [6, 6.07) is 15.7. The van der Waals surface area contributed by atoms with Crippen molar-refractivity contribution in [2.45, 2.75) is 32.4 Å². The van der Waals surface area contributed by atoms with Crippen molar-refractivity contribution in [1.29, 1.82) is 0 Å². The smallest absolute Gasteiger partial charge is 0.255 e. The van der Waals surface area contributed by atoms with Crippen molar-refractivity contribution in [3.8, 4) is 0 Å². The summed E-state index contributed by atoms with van der Waals surface area (Å²) in [7, 11) is 0. The Labute approximate surface area is 226 Å². The van der Waals surface area contributed by atoms with Gasteiger partial charge in [-0.2, -0.15) is 0 Å². The van der Waals surface area contributed by atoms with Crippen molar-refractivity contribution < 1.29 is 9.59 Å². The van der Waals surface area contributed by atoms with Crippen LogP contribution >= 0.6 is 34.5 Å². The Morgan fingerprint density at radius 3 is 2.53 bits per heavy atom. The summed E-state index contributed by atoms with van der Waals surface area (Å²) in [4.78, 5) is 34.0. The largest absolute Gasteiger partial charge is 0.338 e. The van der Waals surface area contributed by atoms with E-state index in [-0.39, 0.29) is 23.9 Å². The maximum atomic E-state index is 13.5. The second-order valence-electron chi connectivity index (χ2n) is 9.64. The van der Waals surface area contributed by atoms with Crippen molar-refractivity contribution >= 4 is 46.4 Å². The fourth-order valence-electron chi connectivity index (χ4n) is 5.25. The molecule has 2 aromatic carbocycles. The lowest BCUT2D eigenvalue weighted by Gasteiger charge is -2.42. The van der Waals surface area contributed by atoms with E-state index in [0.717, 1.165) is 13.0 Å². The Kier molecular flexibility index (Phi) is 7.40. The van der Waals surface area contributed by atoms with Gasteiger partial charge in [-0.05, 0) is 61.0 Å². The van der Waals surface area contributed by atoms with Crippen LogP contribution < -0.4 is 0 Å². The second kappa shape index (κ2) is 10.5. The molecule has 1 saturated heterocycles. The highest BCUT2D eigenvalue weighted by Crippen LogP contribution is 2.37. The summed E-state index contributed by atoms with van der Waals surface area (Å²) in [5.74, 6) is -0.0222. The minimum Gasteiger partial charge on any atom is -0.338 e. The predicted octanol–water partition coefficient (Wildman–Crippen LogP) is 5.68. The zero-order valence-corrected chi connectivity index (χ0v) is 22.7. The van der Waals surface area contributed by atoms with Crippen LogP contribution in [0.5, 0.6) is 0 Å². The molecule has 0 saturated carbocycles. The van der Waals surface area contributed by atoms with E-state index < -0.39 is 0 Å². The fraction of sp³-hybridized carbons (Fsp3) is 0.357. The van der Waals surface area contributed by atoms with Gasteiger partial charge in [0.25, 0.3) is 5.91 Å². The Balaban J connectivity index is 1.28. The number of carbonyl (C=O) groups excluding carboxylic acids is 2. The van der Waals surface area contributed by atoms with Gasteiger partial charge in [-0.25, -0.2) is 0 Å². The Morgan fingerprint density at radius 2 is 1.81 bits per heavy atom. The van der Waals surface area contributed by atoms with Gasteiger partial charge in [0, 0.05) is 42.1 Å². The number of aryl methyl sites for hydroxylation is 1. The van der Waals surface area contributed by atoms with E-state index in [9.17, 15) is 9.59 Å². The first-order valence-electron chi connectivity index (χ1n) is 12.2. The Bertz CT molecular complexity index is 1280. The number of hydrogen-bond acceptors (Lipinski definition) is 4. The molecule has 2 aliphatic rings. The molecule has 2 aliphatic heterocycles. The number of amides is 2. The van der Waals surface area contributed by atoms with Gasteiger partial charge in [0.15, 0.2) is 0 Å². The van der Waals surface area contributed by atoms with E-state index in [2.05, 4.69) is 47.5 Å². The normalized spacial score (nSPS) is 20.3. The number of rotatable bonds is 4. The lowest BCUT2D eigenvalue weighted by Crippen LogP contribution is -2.57. The molecule has 0 N–H and O–H groups in total. The van der Waals surface area contributed by atoms with Gasteiger partial charge in [0.1, 0.15) is 0 Å². The van der Waals surface area contributed by atoms with Crippen LogP contribution in [0.2, 0.25) is 10.0 Å². The Hall–Kier alpha value is -2.38. The van der Waals surface area contributed by atoms with Crippen molar-refractivity contribution in [2.24, 2.45) is 0 Å². The highest BCUT2D eigenvalue weighted by atomic mass is 35.5. The molecule has 1 aromatic heterocycles. The molecule has 2 amide bonds. The number of hydrogen-bond donors (Lipinski definition) is 0. The van der Waals surface area contributed by atoms with E-state index in [4.69, 9.17) is 23.2 Å². The topological polar surface area (TPSA) is 43.9 Å². The predicted molar refractivity (Wildman–Crippen MR) is 146 cm³/mol. The summed E-state index contributed by atoms with van der Waals surface area (Å²) in [6.45, 7) is 6.76. The number of halogens is 2. The van der Waals surface area contributed by atoms with Crippen LogP contribution in [0.3, 0.4) is 0 Å². The molecule has 188 valence electrons. The third-order valence-electron chi connectivity index (χ3n) is 7.20. The number of benzene rings is 2. The van der Waals surface area contributed by atoms with Crippen LogP contribution in [0.1, 0.15) is 44.9 Å². The molecule has 0 spiro atoms. The van der Waals surface area contributed by atoms with Gasteiger partial charge in [0.2, 0.25) is 5.91 Å². The molecule has 3 heterocycles. The summed E-state index contributed by atoms with van der Waals surface area (Å²) in [5, 5.41) is 3.00. The highest BCUT2D eigenvalue weighted by molar-refractivity contribution is 7.10. The number of fused-ring (bicyclic) bond motifs is 1. The highest BCUT2D eigenvalue weighted by Gasteiger charge is 2.35. The average molecular weight is 543 g/mol. The number of piperazine rings is 1. The van der Waals surface area contributed by atoms with Gasteiger partial charge in [0.05, 0.1) is 23.2 Å². The van der Waals surface area contributed by atoms with Gasteiger partial charge in [-0.3, -0.25) is 14.5 Å². The quantitative estimate of drug-likeness (QED) is 0.426. The molecule has 0 bridgehead atoms. The molecule has 5 rings (SSSR count). The second-order valence-corrected chi connectivity index (χ2v) is 11.5. The van der Waals surface area contributed by atoms with Crippen LogP contribution in [0.15, 0.2) is 53.9 Å². The molecular formula is C28H29Cl2N3O2S. The summed E-state index contributed by atoms with van der Waals surface area (Å²) >= 11 is 14.1. The Morgan fingerprint density at radius 1 is 1.03 bits per heavy atom. The zero-order valence-electron chi connectivity index (χ0n) is 20.4. The first-order chi connectivity index (χ1) is 17.3. The molecule has 8 heteroatoms. The minimum absolute atomic E-state index is 0.0805. The van der Waals surface area contributed by atoms with E-state index >= 15 is 0 Å².